The van der Waals surface area contributed by atoms with E-state index in [1.54, 1.807) is 27.7 Å². The largest absolute Gasteiger partial charge is 2.00 e. The quantitative estimate of drug-likeness (QED) is 0.249. The molecule has 0 radical (unpaired) electrons. The third-order valence-corrected chi connectivity index (χ3v) is 6.92. The normalized spacial score (nSPS) is 15.8. The van der Waals surface area contributed by atoms with Crippen LogP contribution in [0.2, 0.25) is 0 Å². The first kappa shape index (κ1) is 30.6. The molecule has 0 bridgehead atoms. The summed E-state index contributed by atoms with van der Waals surface area (Å²) in [7, 11) is -7.11. The van der Waals surface area contributed by atoms with Crippen molar-refractivity contribution in [3.05, 3.63) is 0 Å². The maximum Gasteiger partial charge on any atom is 2.00 e. The molecule has 0 spiro atoms. The Balaban J connectivity index is -0.000000372. The molecule has 0 N–H and O–H groups in total. The van der Waals surface area contributed by atoms with Gasteiger partial charge in [-0.1, -0.05) is 67.2 Å². The van der Waals surface area contributed by atoms with Crippen molar-refractivity contribution in [1.82, 2.24) is 0 Å². The van der Waals surface area contributed by atoms with E-state index in [-0.39, 0.29) is 19.5 Å². The molecule has 9 heteroatoms. The van der Waals surface area contributed by atoms with Crippen LogP contribution in [0.15, 0.2) is 0 Å². The van der Waals surface area contributed by atoms with Crippen LogP contribution < -0.4 is 9.79 Å². The van der Waals surface area contributed by atoms with Crippen LogP contribution in [0.1, 0.15) is 80.1 Å². The SMILES string of the molecule is CCCCCOP(=O)([O-])C(C)C.CCCCCOP(=O)([O-])C(C)C.[Zn+2]. The van der Waals surface area contributed by atoms with Crippen molar-refractivity contribution in [3.63, 3.8) is 0 Å². The van der Waals surface area contributed by atoms with Crippen LogP contribution in [0.25, 0.3) is 0 Å². The predicted molar refractivity (Wildman–Crippen MR) is 96.4 cm³/mol. The summed E-state index contributed by atoms with van der Waals surface area (Å²) in [6.07, 6.45) is 5.86. The number of hydrogen-bond donors (Lipinski definition) is 0. The number of rotatable bonds is 12. The molecule has 6 nitrogen and oxygen atoms in total. The minimum Gasteiger partial charge on any atom is -0.778 e. The van der Waals surface area contributed by atoms with E-state index in [0.29, 0.717) is 13.2 Å². The zero-order chi connectivity index (χ0) is 19.2. The van der Waals surface area contributed by atoms with Gasteiger partial charge in [0.1, 0.15) is 15.2 Å². The monoisotopic (exact) mass is 450 g/mol. The molecule has 148 valence electrons. The van der Waals surface area contributed by atoms with Gasteiger partial charge in [0.2, 0.25) is 0 Å². The molecule has 2 atom stereocenters. The Morgan fingerprint density at radius 2 is 1.00 bits per heavy atom. The second kappa shape index (κ2) is 17.1. The molecule has 2 unspecified atom stereocenters. The first-order valence-electron chi connectivity index (χ1n) is 8.91. The first-order chi connectivity index (χ1) is 11.0. The van der Waals surface area contributed by atoms with E-state index in [4.69, 9.17) is 9.05 Å². The van der Waals surface area contributed by atoms with E-state index < -0.39 is 26.5 Å². The van der Waals surface area contributed by atoms with Crippen molar-refractivity contribution in [3.8, 4) is 0 Å². The van der Waals surface area contributed by atoms with Crippen molar-refractivity contribution >= 4 is 15.2 Å². The molecule has 0 fully saturated rings. The summed E-state index contributed by atoms with van der Waals surface area (Å²) in [4.78, 5) is 22.2. The van der Waals surface area contributed by atoms with Gasteiger partial charge in [-0.05, 0) is 12.8 Å². The van der Waals surface area contributed by atoms with Gasteiger partial charge >= 0.3 is 19.5 Å². The summed E-state index contributed by atoms with van der Waals surface area (Å²) in [5, 5.41) is 0. The van der Waals surface area contributed by atoms with Crippen molar-refractivity contribution < 1.29 is 47.4 Å². The molecule has 0 saturated heterocycles. The van der Waals surface area contributed by atoms with Gasteiger partial charge in [-0.25, -0.2) is 0 Å². The van der Waals surface area contributed by atoms with E-state index in [0.717, 1.165) is 38.5 Å². The molecule has 0 aliphatic rings. The maximum atomic E-state index is 11.1. The average Bonchev–Trinajstić information content (AvgIpc) is 2.48. The zero-order valence-corrected chi connectivity index (χ0v) is 21.6. The first-order valence-corrected chi connectivity index (χ1v) is 12.1. The van der Waals surface area contributed by atoms with Gasteiger partial charge in [0, 0.05) is 11.3 Å². The van der Waals surface area contributed by atoms with Crippen LogP contribution in [0.5, 0.6) is 0 Å². The molecule has 0 aromatic rings. The van der Waals surface area contributed by atoms with Gasteiger partial charge in [-0.3, -0.25) is 0 Å². The van der Waals surface area contributed by atoms with Crippen molar-refractivity contribution in [2.45, 2.75) is 91.4 Å². The van der Waals surface area contributed by atoms with Crippen molar-refractivity contribution in [1.29, 1.82) is 0 Å². The second-order valence-electron chi connectivity index (χ2n) is 6.35. The molecule has 0 saturated carbocycles. The summed E-state index contributed by atoms with van der Waals surface area (Å²) in [6.45, 7) is 11.3. The smallest absolute Gasteiger partial charge is 0.778 e. The van der Waals surface area contributed by atoms with Crippen molar-refractivity contribution in [2.75, 3.05) is 13.2 Å². The predicted octanol–water partition coefficient (Wildman–Crippen LogP) is 4.31. The molecular formula is C16H36O6P2Zn. The third kappa shape index (κ3) is 18.1. The Morgan fingerprint density at radius 3 is 1.20 bits per heavy atom. The fourth-order valence-corrected chi connectivity index (χ4v) is 2.75. The van der Waals surface area contributed by atoms with Crippen LogP contribution in [0.3, 0.4) is 0 Å². The standard InChI is InChI=1S/2C8H19O3P.Zn/c2*1-4-5-6-7-11-12(9,10)8(2)3;/h2*8H,4-7H2,1-3H3,(H,9,10);/q;;+2/p-2. The van der Waals surface area contributed by atoms with Gasteiger partial charge < -0.3 is 28.0 Å². The Hall–Kier alpha value is 0.923. The van der Waals surface area contributed by atoms with Crippen LogP contribution in [-0.2, 0) is 37.7 Å². The summed E-state index contributed by atoms with van der Waals surface area (Å²) in [5.74, 6) is 0. The fourth-order valence-electron chi connectivity index (χ4n) is 1.39. The summed E-state index contributed by atoms with van der Waals surface area (Å²) in [6, 6.07) is 0. The Morgan fingerprint density at radius 1 is 0.720 bits per heavy atom. The Kier molecular flexibility index (Phi) is 20.9. The summed E-state index contributed by atoms with van der Waals surface area (Å²) >= 11 is 0. The third-order valence-electron chi connectivity index (χ3n) is 3.30. The van der Waals surface area contributed by atoms with Crippen LogP contribution in [0.4, 0.5) is 0 Å². The minimum atomic E-state index is -3.55. The van der Waals surface area contributed by atoms with Crippen LogP contribution in [0, 0.1) is 0 Å². The topological polar surface area (TPSA) is 98.7 Å². The van der Waals surface area contributed by atoms with Crippen LogP contribution in [-0.4, -0.2) is 24.5 Å². The molecule has 0 aliphatic carbocycles. The van der Waals surface area contributed by atoms with E-state index in [1.165, 1.54) is 0 Å². The summed E-state index contributed by atoms with van der Waals surface area (Å²) in [5.41, 5.74) is -0.807. The van der Waals surface area contributed by atoms with Gasteiger partial charge in [0.05, 0.1) is 13.2 Å². The molecule has 0 aliphatic heterocycles. The van der Waals surface area contributed by atoms with Gasteiger partial charge in [0.25, 0.3) is 0 Å². The Bertz CT molecular complexity index is 355. The molecular weight excluding hydrogens is 416 g/mol. The minimum absolute atomic E-state index is 0. The molecule has 0 amide bonds. The van der Waals surface area contributed by atoms with Crippen LogP contribution >= 0.6 is 15.2 Å². The fraction of sp³-hybridized carbons (Fsp3) is 1.00. The maximum absolute atomic E-state index is 11.1. The molecule has 0 aromatic carbocycles. The second-order valence-corrected chi connectivity index (χ2v) is 11.1. The van der Waals surface area contributed by atoms with E-state index >= 15 is 0 Å². The average molecular weight is 452 g/mol. The molecule has 25 heavy (non-hydrogen) atoms. The van der Waals surface area contributed by atoms with E-state index in [9.17, 15) is 18.9 Å². The van der Waals surface area contributed by atoms with E-state index in [1.807, 2.05) is 0 Å². The molecule has 0 rings (SSSR count). The summed E-state index contributed by atoms with van der Waals surface area (Å²) < 4.78 is 31.8. The van der Waals surface area contributed by atoms with Gasteiger partial charge in [-0.15, -0.1) is 0 Å². The molecule has 0 heterocycles. The number of unbranched alkanes of at least 4 members (excludes halogenated alkanes) is 4. The Labute approximate surface area is 167 Å². The van der Waals surface area contributed by atoms with E-state index in [2.05, 4.69) is 13.8 Å². The van der Waals surface area contributed by atoms with Gasteiger partial charge in [-0.2, -0.15) is 0 Å². The van der Waals surface area contributed by atoms with Gasteiger partial charge in [0.15, 0.2) is 0 Å². The number of hydrogen-bond acceptors (Lipinski definition) is 6. The molecule has 0 aromatic heterocycles. The van der Waals surface area contributed by atoms with Crippen molar-refractivity contribution in [2.24, 2.45) is 0 Å². The zero-order valence-electron chi connectivity index (χ0n) is 16.9.